The van der Waals surface area contributed by atoms with Crippen LogP contribution in [-0.2, 0) is 24.0 Å². The molecule has 1 aromatic carbocycles. The number of carbonyl (C=O) groups excluding carboxylic acids is 3. The Morgan fingerprint density at radius 2 is 1.98 bits per heavy atom. The first-order chi connectivity index (χ1) is 22.2. The molecule has 3 heterocycles. The van der Waals surface area contributed by atoms with Crippen LogP contribution in [0.2, 0.25) is 5.02 Å². The number of β-lactam (4-membered cyclic amide) rings is 1. The number of phenols is 2. The molecule has 1 aromatic heterocycles. The highest BCUT2D eigenvalue weighted by molar-refractivity contribution is 8.01. The zero-order valence-electron chi connectivity index (χ0n) is 24.6. The fourth-order valence-corrected chi connectivity index (χ4v) is 7.57. The maximum absolute atomic E-state index is 13.3. The van der Waals surface area contributed by atoms with Crippen molar-refractivity contribution in [3.63, 3.8) is 0 Å². The first-order valence-corrected chi connectivity index (χ1v) is 17.1. The number of aromatic hydroxyl groups is 2. The summed E-state index contributed by atoms with van der Waals surface area (Å²) >= 11 is 9.49. The third-order valence-corrected chi connectivity index (χ3v) is 10.2. The molecule has 2 aliphatic heterocycles. The van der Waals surface area contributed by atoms with Gasteiger partial charge in [-0.1, -0.05) is 30.6 Å². The van der Waals surface area contributed by atoms with Crippen LogP contribution in [0, 0.1) is 5.92 Å². The van der Waals surface area contributed by atoms with Gasteiger partial charge in [-0.15, -0.1) is 23.1 Å². The summed E-state index contributed by atoms with van der Waals surface area (Å²) in [6.07, 6.45) is -1.37. The van der Waals surface area contributed by atoms with Crippen molar-refractivity contribution in [1.29, 1.82) is 0 Å². The number of anilines is 1. The lowest BCUT2D eigenvalue weighted by molar-refractivity contribution is -0.153. The van der Waals surface area contributed by atoms with Gasteiger partial charge in [0.2, 0.25) is 6.10 Å². The van der Waals surface area contributed by atoms with Crippen LogP contribution in [-0.4, -0.2) is 107 Å². The normalized spacial score (nSPS) is 18.3. The molecule has 20 heteroatoms. The molecule has 2 aromatic rings. The number of amides is 3. The molecule has 47 heavy (non-hydrogen) atoms. The molecule has 1 saturated heterocycles. The average molecular weight is 729 g/mol. The summed E-state index contributed by atoms with van der Waals surface area (Å²) in [5.74, 6) is -5.47. The van der Waals surface area contributed by atoms with E-state index in [-0.39, 0.29) is 45.2 Å². The Kier molecular flexibility index (Phi) is 11.5. The SMILES string of the molecule is CC(C)C(O/N=C(\C(=O)N[C@@H]1C(=O)N2C(C(=O)O)=C(CSCCNC(=O)c3ccc(O)c(O)c3Cl)CS[C@H]12)c1csc(N)n1)C(=O)O. The van der Waals surface area contributed by atoms with E-state index in [2.05, 4.69) is 20.8 Å². The first kappa shape index (κ1) is 35.7. The highest BCUT2D eigenvalue weighted by Gasteiger charge is 2.54. The van der Waals surface area contributed by atoms with Gasteiger partial charge in [-0.2, -0.15) is 11.8 Å². The van der Waals surface area contributed by atoms with E-state index in [4.69, 9.17) is 22.2 Å². The number of nitrogens with two attached hydrogens (primary N) is 1. The number of aliphatic carboxylic acids is 2. The number of carbonyl (C=O) groups is 5. The summed E-state index contributed by atoms with van der Waals surface area (Å²) in [5, 5.41) is 48.0. The van der Waals surface area contributed by atoms with E-state index in [0.29, 0.717) is 11.3 Å². The molecule has 2 aliphatic rings. The molecular formula is C27H29ClN6O10S3. The molecule has 0 spiro atoms. The molecule has 0 bridgehead atoms. The lowest BCUT2D eigenvalue weighted by atomic mass is 10.0. The number of nitrogens with one attached hydrogen (secondary N) is 2. The van der Waals surface area contributed by atoms with Crippen LogP contribution in [0.4, 0.5) is 5.13 Å². The number of nitrogen functional groups attached to an aromatic ring is 1. The number of nitrogens with zero attached hydrogens (tertiary/aromatic N) is 3. The first-order valence-electron chi connectivity index (χ1n) is 13.7. The molecule has 252 valence electrons. The monoisotopic (exact) mass is 728 g/mol. The van der Waals surface area contributed by atoms with Crippen molar-refractivity contribution in [1.82, 2.24) is 20.5 Å². The molecule has 0 saturated carbocycles. The number of benzene rings is 1. The summed E-state index contributed by atoms with van der Waals surface area (Å²) in [6, 6.07) is 1.28. The second kappa shape index (κ2) is 15.1. The van der Waals surface area contributed by atoms with Crippen LogP contribution >= 0.6 is 46.5 Å². The quantitative estimate of drug-likeness (QED) is 0.0479. The number of fused-ring (bicyclic) bond motifs is 1. The summed E-state index contributed by atoms with van der Waals surface area (Å²) in [4.78, 5) is 72.9. The van der Waals surface area contributed by atoms with Crippen LogP contribution in [0.5, 0.6) is 11.5 Å². The van der Waals surface area contributed by atoms with Gasteiger partial charge in [-0.05, 0) is 17.7 Å². The number of thioether (sulfide) groups is 2. The van der Waals surface area contributed by atoms with E-state index in [0.717, 1.165) is 22.3 Å². The number of phenolic OH excluding ortho intramolecular Hbond substituents is 2. The van der Waals surface area contributed by atoms with Crippen molar-refractivity contribution < 1.29 is 49.2 Å². The standard InChI is InChI=1S/C27H29ClN6O10S3/c1-10(2)20(26(42)43)44-33-16(13-9-47-27(29)31-13)22(38)32-17-23(39)34-18(25(40)41)11(8-46-24(17)34)7-45-6-5-30-21(37)12-3-4-14(35)19(36)15(12)28/h3-4,9-10,17,20,24,35-36H,5-8H2,1-2H3,(H2,29,31)(H,30,37)(H,32,38)(H,40,41)(H,42,43)/b33-16-/t17-,20?,24-/m1/s1. The molecule has 0 radical (unpaired) electrons. The topological polar surface area (TPSA) is 254 Å². The number of thiazole rings is 1. The van der Waals surface area contributed by atoms with Crippen LogP contribution < -0.4 is 16.4 Å². The zero-order valence-corrected chi connectivity index (χ0v) is 27.8. The minimum Gasteiger partial charge on any atom is -0.504 e. The molecular weight excluding hydrogens is 700 g/mol. The lowest BCUT2D eigenvalue weighted by Crippen LogP contribution is -2.71. The molecule has 0 aliphatic carbocycles. The Balaban J connectivity index is 1.39. The summed E-state index contributed by atoms with van der Waals surface area (Å²) in [5.41, 5.74) is 5.54. The van der Waals surface area contributed by atoms with Crippen molar-refractivity contribution in [2.75, 3.05) is 29.5 Å². The third kappa shape index (κ3) is 7.86. The molecule has 3 atom stereocenters. The molecule has 1 unspecified atom stereocenters. The van der Waals surface area contributed by atoms with E-state index in [1.54, 1.807) is 13.8 Å². The van der Waals surface area contributed by atoms with E-state index in [9.17, 15) is 44.4 Å². The van der Waals surface area contributed by atoms with Gasteiger partial charge in [0.05, 0.1) is 10.6 Å². The van der Waals surface area contributed by atoms with Gasteiger partial charge in [-0.25, -0.2) is 14.6 Å². The maximum atomic E-state index is 13.3. The van der Waals surface area contributed by atoms with Gasteiger partial charge in [-0.3, -0.25) is 19.3 Å². The van der Waals surface area contributed by atoms with Gasteiger partial charge in [0.25, 0.3) is 17.7 Å². The number of rotatable bonds is 14. The Bertz CT molecular complexity index is 1670. The van der Waals surface area contributed by atoms with Gasteiger partial charge >= 0.3 is 11.9 Å². The van der Waals surface area contributed by atoms with E-state index in [1.807, 2.05) is 0 Å². The fraction of sp³-hybridized carbons (Fsp3) is 0.370. The minimum atomic E-state index is -1.37. The Labute approximate surface area is 284 Å². The Morgan fingerprint density at radius 3 is 2.60 bits per heavy atom. The lowest BCUT2D eigenvalue weighted by Gasteiger charge is -2.49. The van der Waals surface area contributed by atoms with Gasteiger partial charge in [0.15, 0.2) is 22.3 Å². The highest BCUT2D eigenvalue weighted by atomic mass is 35.5. The molecule has 1 fully saturated rings. The minimum absolute atomic E-state index is 0.00347. The summed E-state index contributed by atoms with van der Waals surface area (Å²) in [6.45, 7) is 3.36. The average Bonchev–Trinajstić information content (AvgIpc) is 3.44. The number of oxime groups is 1. The second-order valence-electron chi connectivity index (χ2n) is 10.3. The van der Waals surface area contributed by atoms with Crippen LogP contribution in [0.25, 0.3) is 0 Å². The Hall–Kier alpha value is -4.20. The van der Waals surface area contributed by atoms with Crippen molar-refractivity contribution in [2.24, 2.45) is 11.1 Å². The van der Waals surface area contributed by atoms with Gasteiger partial charge in [0, 0.05) is 35.1 Å². The molecule has 4 rings (SSSR count). The van der Waals surface area contributed by atoms with Gasteiger partial charge in [0.1, 0.15) is 22.8 Å². The molecule has 8 N–H and O–H groups in total. The van der Waals surface area contributed by atoms with Crippen LogP contribution in [0.1, 0.15) is 29.9 Å². The predicted octanol–water partition coefficient (Wildman–Crippen LogP) is 1.52. The van der Waals surface area contributed by atoms with Crippen LogP contribution in [0.15, 0.2) is 33.9 Å². The third-order valence-electron chi connectivity index (χ3n) is 6.77. The fourth-order valence-electron chi connectivity index (χ4n) is 4.42. The number of carboxylic acid groups (broad SMARTS) is 2. The Morgan fingerprint density at radius 1 is 1.26 bits per heavy atom. The molecule has 16 nitrogen and oxygen atoms in total. The molecule has 3 amide bonds. The number of hydrogen-bond donors (Lipinski definition) is 7. The number of halogens is 1. The maximum Gasteiger partial charge on any atom is 0.352 e. The van der Waals surface area contributed by atoms with E-state index in [1.165, 1.54) is 35.0 Å². The number of aromatic nitrogens is 1. The second-order valence-corrected chi connectivity index (χ2v) is 13.8. The van der Waals surface area contributed by atoms with Crippen molar-refractivity contribution in [2.45, 2.75) is 31.4 Å². The van der Waals surface area contributed by atoms with Crippen molar-refractivity contribution in [3.8, 4) is 11.5 Å². The van der Waals surface area contributed by atoms with E-state index < -0.39 is 70.3 Å². The van der Waals surface area contributed by atoms with Crippen LogP contribution in [0.3, 0.4) is 0 Å². The smallest absolute Gasteiger partial charge is 0.352 e. The summed E-state index contributed by atoms with van der Waals surface area (Å²) in [7, 11) is 0. The van der Waals surface area contributed by atoms with Gasteiger partial charge < -0.3 is 41.6 Å². The zero-order chi connectivity index (χ0) is 34.6. The number of hydrogen-bond acceptors (Lipinski definition) is 14. The highest BCUT2D eigenvalue weighted by Crippen LogP contribution is 2.41. The van der Waals surface area contributed by atoms with Crippen molar-refractivity contribution in [3.05, 3.63) is 45.1 Å². The predicted molar refractivity (Wildman–Crippen MR) is 175 cm³/mol. The largest absolute Gasteiger partial charge is 0.504 e. The number of carboxylic acids is 2. The van der Waals surface area contributed by atoms with E-state index >= 15 is 0 Å². The van der Waals surface area contributed by atoms with Crippen molar-refractivity contribution >= 4 is 87.0 Å². The summed E-state index contributed by atoms with van der Waals surface area (Å²) < 4.78 is 0.